The fourth-order valence-corrected chi connectivity index (χ4v) is 1.45. The van der Waals surface area contributed by atoms with E-state index >= 15 is 0 Å². The summed E-state index contributed by atoms with van der Waals surface area (Å²) in [7, 11) is 0. The minimum atomic E-state index is 0.422. The molecule has 0 saturated heterocycles. The molecule has 0 atom stereocenters. The van der Waals surface area contributed by atoms with Crippen molar-refractivity contribution in [2.24, 2.45) is 0 Å². The molecular formula is C12H16O. The number of hydrogen-bond acceptors (Lipinski definition) is 1. The molecule has 0 spiro atoms. The number of benzene rings is 1. The van der Waals surface area contributed by atoms with E-state index in [1.807, 2.05) is 39.8 Å². The van der Waals surface area contributed by atoms with Crippen LogP contribution < -0.4 is 0 Å². The van der Waals surface area contributed by atoms with Crippen LogP contribution in [0.2, 0.25) is 0 Å². The van der Waals surface area contributed by atoms with Gasteiger partial charge in [-0.3, -0.25) is 0 Å². The zero-order valence-corrected chi connectivity index (χ0v) is 8.68. The standard InChI is InChI=1S/C12H16O/c1-5-6-11-7-8(2)12(13)10(4)9(11)3/h5-7,13H,1-4H3. The van der Waals surface area contributed by atoms with Gasteiger partial charge in [-0.15, -0.1) is 0 Å². The Bertz CT molecular complexity index is 349. The Morgan fingerprint density at radius 3 is 2.31 bits per heavy atom. The summed E-state index contributed by atoms with van der Waals surface area (Å²) in [6.07, 6.45) is 4.08. The van der Waals surface area contributed by atoms with E-state index in [0.29, 0.717) is 5.75 Å². The molecule has 0 unspecified atom stereocenters. The van der Waals surface area contributed by atoms with Gasteiger partial charge in [-0.2, -0.15) is 0 Å². The molecular weight excluding hydrogens is 160 g/mol. The van der Waals surface area contributed by atoms with Crippen LogP contribution in [0, 0.1) is 20.8 Å². The van der Waals surface area contributed by atoms with Crippen molar-refractivity contribution in [2.45, 2.75) is 27.7 Å². The van der Waals surface area contributed by atoms with Crippen molar-refractivity contribution in [1.82, 2.24) is 0 Å². The number of phenols is 1. The van der Waals surface area contributed by atoms with Gasteiger partial charge in [-0.1, -0.05) is 12.2 Å². The molecule has 0 radical (unpaired) electrons. The average molecular weight is 176 g/mol. The first-order valence-electron chi connectivity index (χ1n) is 4.50. The first-order valence-corrected chi connectivity index (χ1v) is 4.50. The Morgan fingerprint density at radius 1 is 1.15 bits per heavy atom. The molecule has 1 heteroatoms. The zero-order valence-electron chi connectivity index (χ0n) is 8.68. The Hall–Kier alpha value is -1.24. The Morgan fingerprint density at radius 2 is 1.77 bits per heavy atom. The lowest BCUT2D eigenvalue weighted by molar-refractivity contribution is 0.466. The molecule has 0 saturated carbocycles. The van der Waals surface area contributed by atoms with Crippen molar-refractivity contribution >= 4 is 6.08 Å². The van der Waals surface area contributed by atoms with Crippen molar-refractivity contribution in [3.8, 4) is 5.75 Å². The van der Waals surface area contributed by atoms with E-state index in [-0.39, 0.29) is 0 Å². The minimum Gasteiger partial charge on any atom is -0.507 e. The van der Waals surface area contributed by atoms with Gasteiger partial charge in [0.15, 0.2) is 0 Å². The second-order valence-corrected chi connectivity index (χ2v) is 3.38. The summed E-state index contributed by atoms with van der Waals surface area (Å²) in [4.78, 5) is 0. The Balaban J connectivity index is 3.40. The van der Waals surface area contributed by atoms with Crippen LogP contribution >= 0.6 is 0 Å². The summed E-state index contributed by atoms with van der Waals surface area (Å²) >= 11 is 0. The monoisotopic (exact) mass is 176 g/mol. The highest BCUT2D eigenvalue weighted by Gasteiger charge is 2.06. The van der Waals surface area contributed by atoms with Crippen LogP contribution in [0.1, 0.15) is 29.2 Å². The van der Waals surface area contributed by atoms with E-state index in [9.17, 15) is 5.11 Å². The molecule has 1 N–H and O–H groups in total. The van der Waals surface area contributed by atoms with Crippen LogP contribution in [0.3, 0.4) is 0 Å². The maximum Gasteiger partial charge on any atom is 0.121 e. The van der Waals surface area contributed by atoms with Crippen molar-refractivity contribution in [1.29, 1.82) is 0 Å². The number of aryl methyl sites for hydroxylation is 1. The number of aromatic hydroxyl groups is 1. The lowest BCUT2D eigenvalue weighted by Gasteiger charge is -2.09. The van der Waals surface area contributed by atoms with Crippen LogP contribution in [0.15, 0.2) is 12.1 Å². The number of phenolic OH excluding ortho intramolecular Hbond substituents is 1. The molecule has 1 rings (SSSR count). The quantitative estimate of drug-likeness (QED) is 0.695. The molecule has 0 fully saturated rings. The first-order chi connectivity index (χ1) is 6.07. The molecule has 0 aromatic heterocycles. The van der Waals surface area contributed by atoms with Crippen LogP contribution in [0.5, 0.6) is 5.75 Å². The topological polar surface area (TPSA) is 20.2 Å². The largest absolute Gasteiger partial charge is 0.507 e. The lowest BCUT2D eigenvalue weighted by Crippen LogP contribution is -1.89. The van der Waals surface area contributed by atoms with E-state index in [0.717, 1.165) is 16.7 Å². The number of rotatable bonds is 1. The summed E-state index contributed by atoms with van der Waals surface area (Å²) in [5.41, 5.74) is 4.26. The van der Waals surface area contributed by atoms with Crippen molar-refractivity contribution < 1.29 is 5.11 Å². The molecule has 1 aromatic rings. The van der Waals surface area contributed by atoms with Gasteiger partial charge in [-0.05, 0) is 56.0 Å². The fraction of sp³-hybridized carbons (Fsp3) is 0.333. The molecule has 0 aliphatic rings. The van der Waals surface area contributed by atoms with E-state index in [2.05, 4.69) is 6.08 Å². The van der Waals surface area contributed by atoms with Gasteiger partial charge >= 0.3 is 0 Å². The van der Waals surface area contributed by atoms with Gasteiger partial charge in [0.2, 0.25) is 0 Å². The third-order valence-corrected chi connectivity index (χ3v) is 2.44. The van der Waals surface area contributed by atoms with Gasteiger partial charge in [0, 0.05) is 0 Å². The normalized spacial score (nSPS) is 11.1. The van der Waals surface area contributed by atoms with Crippen molar-refractivity contribution in [2.75, 3.05) is 0 Å². The van der Waals surface area contributed by atoms with Crippen LogP contribution in [-0.2, 0) is 0 Å². The lowest BCUT2D eigenvalue weighted by atomic mass is 9.98. The van der Waals surface area contributed by atoms with Gasteiger partial charge in [0.25, 0.3) is 0 Å². The van der Waals surface area contributed by atoms with Crippen molar-refractivity contribution in [3.63, 3.8) is 0 Å². The molecule has 1 nitrogen and oxygen atoms in total. The molecule has 0 aliphatic heterocycles. The maximum absolute atomic E-state index is 9.66. The van der Waals surface area contributed by atoms with Gasteiger partial charge in [-0.25, -0.2) is 0 Å². The summed E-state index contributed by atoms with van der Waals surface area (Å²) in [5.74, 6) is 0.422. The average Bonchev–Trinajstić information content (AvgIpc) is 2.11. The number of hydrogen-bond donors (Lipinski definition) is 1. The second-order valence-electron chi connectivity index (χ2n) is 3.38. The molecule has 13 heavy (non-hydrogen) atoms. The van der Waals surface area contributed by atoms with Crippen LogP contribution in [0.4, 0.5) is 0 Å². The van der Waals surface area contributed by atoms with Crippen LogP contribution in [-0.4, -0.2) is 5.11 Å². The molecule has 0 amide bonds. The second kappa shape index (κ2) is 3.65. The maximum atomic E-state index is 9.66. The van der Waals surface area contributed by atoms with E-state index in [1.54, 1.807) is 0 Å². The highest BCUT2D eigenvalue weighted by atomic mass is 16.3. The fourth-order valence-electron chi connectivity index (χ4n) is 1.45. The molecule has 0 aliphatic carbocycles. The van der Waals surface area contributed by atoms with E-state index < -0.39 is 0 Å². The third kappa shape index (κ3) is 1.74. The summed E-state index contributed by atoms with van der Waals surface area (Å²) in [5, 5.41) is 9.66. The predicted molar refractivity (Wildman–Crippen MR) is 57.0 cm³/mol. The van der Waals surface area contributed by atoms with Gasteiger partial charge in [0.1, 0.15) is 5.75 Å². The summed E-state index contributed by atoms with van der Waals surface area (Å²) in [6, 6.07) is 2.01. The summed E-state index contributed by atoms with van der Waals surface area (Å²) in [6.45, 7) is 7.90. The highest BCUT2D eigenvalue weighted by molar-refractivity contribution is 5.60. The van der Waals surface area contributed by atoms with E-state index in [1.165, 1.54) is 5.56 Å². The van der Waals surface area contributed by atoms with Crippen LogP contribution in [0.25, 0.3) is 6.08 Å². The molecule has 1 aromatic carbocycles. The Labute approximate surface area is 79.7 Å². The third-order valence-electron chi connectivity index (χ3n) is 2.44. The Kier molecular flexibility index (Phi) is 2.76. The van der Waals surface area contributed by atoms with Gasteiger partial charge < -0.3 is 5.11 Å². The summed E-state index contributed by atoms with van der Waals surface area (Å²) < 4.78 is 0. The zero-order chi connectivity index (χ0) is 10.0. The molecule has 70 valence electrons. The first kappa shape index (κ1) is 9.85. The predicted octanol–water partition coefficient (Wildman–Crippen LogP) is 3.35. The highest BCUT2D eigenvalue weighted by Crippen LogP contribution is 2.27. The number of allylic oxidation sites excluding steroid dienone is 1. The smallest absolute Gasteiger partial charge is 0.121 e. The van der Waals surface area contributed by atoms with Crippen molar-refractivity contribution in [3.05, 3.63) is 34.4 Å². The SMILES string of the molecule is CC=Cc1cc(C)c(O)c(C)c1C. The van der Waals surface area contributed by atoms with E-state index in [4.69, 9.17) is 0 Å². The minimum absolute atomic E-state index is 0.422. The molecule has 0 bridgehead atoms. The van der Waals surface area contributed by atoms with Gasteiger partial charge in [0.05, 0.1) is 0 Å². The molecule has 0 heterocycles.